The van der Waals surface area contributed by atoms with Gasteiger partial charge in [0.1, 0.15) is 11.4 Å². The van der Waals surface area contributed by atoms with Crippen molar-refractivity contribution in [3.8, 4) is 5.75 Å². The molecule has 1 aromatic carbocycles. The first-order valence-corrected chi connectivity index (χ1v) is 11.3. The van der Waals surface area contributed by atoms with Crippen LogP contribution in [0.1, 0.15) is 56.9 Å². The van der Waals surface area contributed by atoms with Crippen molar-refractivity contribution in [2.75, 3.05) is 11.9 Å². The predicted molar refractivity (Wildman–Crippen MR) is 128 cm³/mol. The highest BCUT2D eigenvalue weighted by Gasteiger charge is 2.18. The first-order valence-electron chi connectivity index (χ1n) is 11.3. The van der Waals surface area contributed by atoms with Gasteiger partial charge in [-0.05, 0) is 65.7 Å². The summed E-state index contributed by atoms with van der Waals surface area (Å²) in [5.74, 6) is 1.38. The number of hydrogen-bond acceptors (Lipinski definition) is 7. The minimum atomic E-state index is -0.585. The van der Waals surface area contributed by atoms with Crippen LogP contribution in [0.2, 0.25) is 0 Å². The highest BCUT2D eigenvalue weighted by atomic mass is 16.6. The summed E-state index contributed by atoms with van der Waals surface area (Å²) in [6, 6.07) is 7.36. The Bertz CT molecular complexity index is 1180. The van der Waals surface area contributed by atoms with Crippen LogP contribution in [-0.2, 0) is 22.5 Å². The maximum absolute atomic E-state index is 12.6. The number of alkyl carbamates (subject to hydrolysis) is 1. The highest BCUT2D eigenvalue weighted by Crippen LogP contribution is 2.24. The molecule has 0 aliphatic rings. The zero-order chi connectivity index (χ0) is 24.9. The van der Waals surface area contributed by atoms with Crippen molar-refractivity contribution in [1.82, 2.24) is 24.9 Å². The first-order chi connectivity index (χ1) is 16.1. The number of ether oxygens (including phenoxy) is 2. The summed E-state index contributed by atoms with van der Waals surface area (Å²) in [7, 11) is 0. The van der Waals surface area contributed by atoms with Gasteiger partial charge in [-0.2, -0.15) is 4.98 Å². The van der Waals surface area contributed by atoms with E-state index in [9.17, 15) is 9.59 Å². The molecular formula is C24H32N6O4. The van der Waals surface area contributed by atoms with Crippen LogP contribution in [0.15, 0.2) is 24.3 Å². The van der Waals surface area contributed by atoms with Crippen LogP contribution in [-0.4, -0.2) is 43.8 Å². The van der Waals surface area contributed by atoms with Crippen molar-refractivity contribution in [2.24, 2.45) is 0 Å². The summed E-state index contributed by atoms with van der Waals surface area (Å²) in [5.41, 5.74) is 2.62. The van der Waals surface area contributed by atoms with Crippen LogP contribution in [0.25, 0.3) is 5.78 Å². The number of fused-ring (bicyclic) bond motifs is 1. The number of benzene rings is 1. The maximum atomic E-state index is 12.6. The zero-order valence-electron chi connectivity index (χ0n) is 20.6. The fourth-order valence-electron chi connectivity index (χ4n) is 3.45. The monoisotopic (exact) mass is 468 g/mol. The second-order valence-corrected chi connectivity index (χ2v) is 8.83. The van der Waals surface area contributed by atoms with E-state index in [1.807, 2.05) is 45.0 Å². The van der Waals surface area contributed by atoms with Crippen molar-refractivity contribution in [1.29, 1.82) is 0 Å². The Labute approximate surface area is 199 Å². The molecule has 3 rings (SSSR count). The summed E-state index contributed by atoms with van der Waals surface area (Å²) in [6.45, 7) is 11.7. The van der Waals surface area contributed by atoms with E-state index in [2.05, 4.69) is 25.7 Å². The number of nitrogens with zero attached hydrogens (tertiary/aromatic N) is 4. The molecule has 34 heavy (non-hydrogen) atoms. The molecule has 2 aromatic heterocycles. The molecule has 0 atom stereocenters. The number of nitrogens with one attached hydrogen (secondary N) is 2. The molecule has 0 unspecified atom stereocenters. The van der Waals surface area contributed by atoms with Crippen LogP contribution in [0.4, 0.5) is 10.5 Å². The number of hydrogen-bond donors (Lipinski definition) is 2. The fourth-order valence-corrected chi connectivity index (χ4v) is 3.45. The third-order valence-electron chi connectivity index (χ3n) is 4.95. The number of carbonyl (C=O) groups is 2. The lowest BCUT2D eigenvalue weighted by atomic mass is 10.1. The maximum Gasteiger partial charge on any atom is 0.408 e. The van der Waals surface area contributed by atoms with Crippen molar-refractivity contribution < 1.29 is 19.1 Å². The van der Waals surface area contributed by atoms with E-state index in [0.717, 1.165) is 17.0 Å². The molecule has 182 valence electrons. The Morgan fingerprint density at radius 3 is 2.56 bits per heavy atom. The minimum absolute atomic E-state index is 0.119. The molecule has 0 aliphatic carbocycles. The topological polar surface area (TPSA) is 120 Å². The molecular weight excluding hydrogens is 436 g/mol. The Balaban J connectivity index is 1.68. The molecule has 0 saturated carbocycles. The lowest BCUT2D eigenvalue weighted by molar-refractivity contribution is -0.116. The number of aromatic nitrogens is 4. The first kappa shape index (κ1) is 24.9. The molecule has 2 N–H and O–H groups in total. The molecule has 0 fully saturated rings. The quantitative estimate of drug-likeness (QED) is 0.517. The molecule has 0 radical (unpaired) electrons. The second-order valence-electron chi connectivity index (χ2n) is 8.83. The van der Waals surface area contributed by atoms with Gasteiger partial charge in [0.05, 0.1) is 18.8 Å². The summed E-state index contributed by atoms with van der Waals surface area (Å²) in [6.07, 6.45) is 0.232. The van der Waals surface area contributed by atoms with E-state index in [1.54, 1.807) is 25.3 Å². The predicted octanol–water partition coefficient (Wildman–Crippen LogP) is 3.74. The van der Waals surface area contributed by atoms with Crippen molar-refractivity contribution in [2.45, 2.75) is 66.5 Å². The molecule has 0 spiro atoms. The van der Waals surface area contributed by atoms with Crippen molar-refractivity contribution >= 4 is 23.5 Å². The molecule has 10 nitrogen and oxygen atoms in total. The highest BCUT2D eigenvalue weighted by molar-refractivity contribution is 5.92. The Morgan fingerprint density at radius 2 is 1.85 bits per heavy atom. The fraction of sp³-hybridized carbons (Fsp3) is 0.458. The van der Waals surface area contributed by atoms with Gasteiger partial charge in [-0.25, -0.2) is 14.3 Å². The number of amides is 2. The summed E-state index contributed by atoms with van der Waals surface area (Å²) in [5, 5.41) is 10.0. The van der Waals surface area contributed by atoms with Crippen LogP contribution in [0.5, 0.6) is 5.75 Å². The van der Waals surface area contributed by atoms with Crippen molar-refractivity contribution in [3.63, 3.8) is 0 Å². The van der Waals surface area contributed by atoms with Crippen LogP contribution >= 0.6 is 0 Å². The molecule has 10 heteroatoms. The second kappa shape index (κ2) is 10.5. The van der Waals surface area contributed by atoms with Gasteiger partial charge in [-0.15, -0.1) is 5.10 Å². The lowest BCUT2D eigenvalue weighted by Gasteiger charge is -2.19. The average molecular weight is 469 g/mol. The SMILES string of the molecule is CCOc1ccccc1NC(=O)CCc1c(C)nc2nc(CNC(=O)OC(C)(C)C)nn2c1C. The Hall–Kier alpha value is -3.69. The molecule has 3 aromatic rings. The summed E-state index contributed by atoms with van der Waals surface area (Å²) >= 11 is 0. The van der Waals surface area contributed by atoms with Gasteiger partial charge in [0, 0.05) is 17.8 Å². The van der Waals surface area contributed by atoms with Crippen molar-refractivity contribution in [3.05, 3.63) is 47.0 Å². The molecule has 0 saturated heterocycles. The molecule has 0 bridgehead atoms. The number of para-hydroxylation sites is 2. The standard InChI is InChI=1S/C24H32N6O4/c1-7-33-19-11-9-8-10-18(19)27-21(31)13-12-17-15(2)26-22-28-20(29-30(22)16(17)3)14-25-23(32)34-24(4,5)6/h8-11H,7,12-14H2,1-6H3,(H,25,32)(H,27,31). The largest absolute Gasteiger partial charge is 0.492 e. The number of rotatable bonds is 8. The van der Waals surface area contributed by atoms with Gasteiger partial charge in [0.15, 0.2) is 5.82 Å². The van der Waals surface area contributed by atoms with Gasteiger partial charge in [0.2, 0.25) is 5.91 Å². The number of aryl methyl sites for hydroxylation is 2. The van der Waals surface area contributed by atoms with Gasteiger partial charge in [-0.1, -0.05) is 12.1 Å². The van der Waals surface area contributed by atoms with Gasteiger partial charge in [0.25, 0.3) is 5.78 Å². The van der Waals surface area contributed by atoms with Crippen LogP contribution < -0.4 is 15.4 Å². The normalized spacial score (nSPS) is 11.4. The van der Waals surface area contributed by atoms with Gasteiger partial charge < -0.3 is 20.1 Å². The third-order valence-corrected chi connectivity index (χ3v) is 4.95. The van der Waals surface area contributed by atoms with E-state index < -0.39 is 11.7 Å². The lowest BCUT2D eigenvalue weighted by Crippen LogP contribution is -2.32. The van der Waals surface area contributed by atoms with Gasteiger partial charge in [-0.3, -0.25) is 4.79 Å². The third kappa shape index (κ3) is 6.43. The van der Waals surface area contributed by atoms with Gasteiger partial charge >= 0.3 is 6.09 Å². The Morgan fingerprint density at radius 1 is 1.12 bits per heavy atom. The molecule has 0 aliphatic heterocycles. The van der Waals surface area contributed by atoms with E-state index in [0.29, 0.717) is 36.1 Å². The zero-order valence-corrected chi connectivity index (χ0v) is 20.6. The Kier molecular flexibility index (Phi) is 7.70. The summed E-state index contributed by atoms with van der Waals surface area (Å²) < 4.78 is 12.4. The van der Waals surface area contributed by atoms with E-state index in [4.69, 9.17) is 9.47 Å². The number of carbonyl (C=O) groups excluding carboxylic acids is 2. The van der Waals surface area contributed by atoms with E-state index in [1.165, 1.54) is 0 Å². The van der Waals surface area contributed by atoms with Crippen LogP contribution in [0, 0.1) is 13.8 Å². The van der Waals surface area contributed by atoms with E-state index in [-0.39, 0.29) is 18.9 Å². The average Bonchev–Trinajstić information content (AvgIpc) is 3.15. The summed E-state index contributed by atoms with van der Waals surface area (Å²) in [4.78, 5) is 33.4. The molecule has 2 amide bonds. The molecule has 2 heterocycles. The smallest absolute Gasteiger partial charge is 0.408 e. The number of anilines is 1. The van der Waals surface area contributed by atoms with E-state index >= 15 is 0 Å². The van der Waals surface area contributed by atoms with Crippen LogP contribution in [0.3, 0.4) is 0 Å². The minimum Gasteiger partial charge on any atom is -0.492 e.